The Morgan fingerprint density at radius 1 is 1.42 bits per heavy atom. The van der Waals surface area contributed by atoms with Gasteiger partial charge in [-0.2, -0.15) is 0 Å². The minimum atomic E-state index is -3.67. The maximum atomic E-state index is 12.2. The molecule has 0 atom stereocenters. The number of nitrogens with zero attached hydrogens (tertiary/aromatic N) is 2. The van der Waals surface area contributed by atoms with Crippen molar-refractivity contribution in [2.45, 2.75) is 11.4 Å². The second kappa shape index (κ2) is 5.68. The summed E-state index contributed by atoms with van der Waals surface area (Å²) in [6.07, 6.45) is 4.71. The number of nitrogens with one attached hydrogen (secondary N) is 3. The van der Waals surface area contributed by atoms with Gasteiger partial charge in [0, 0.05) is 30.1 Å². The average Bonchev–Trinajstić information content (AvgIpc) is 2.89. The minimum Gasteiger partial charge on any atom is -0.372 e. The molecule has 0 aliphatic heterocycles. The van der Waals surface area contributed by atoms with Crippen LogP contribution in [0, 0.1) is 0 Å². The van der Waals surface area contributed by atoms with Gasteiger partial charge in [-0.15, -0.1) is 0 Å². The van der Waals surface area contributed by atoms with E-state index in [-0.39, 0.29) is 17.3 Å². The van der Waals surface area contributed by atoms with Gasteiger partial charge in [-0.05, 0) is 22.0 Å². The SMILES string of the molecule is CNc1ncc(Br)cc1S(=O)(=O)NCc1ncc[nH]1. The van der Waals surface area contributed by atoms with Crippen molar-refractivity contribution < 1.29 is 8.42 Å². The molecule has 102 valence electrons. The summed E-state index contributed by atoms with van der Waals surface area (Å²) in [5.41, 5.74) is 0. The molecule has 0 saturated heterocycles. The van der Waals surface area contributed by atoms with Gasteiger partial charge < -0.3 is 10.3 Å². The normalized spacial score (nSPS) is 11.5. The molecule has 2 heterocycles. The number of aromatic amines is 1. The van der Waals surface area contributed by atoms with Crippen LogP contribution >= 0.6 is 15.9 Å². The molecule has 0 saturated carbocycles. The molecule has 2 rings (SSSR count). The fourth-order valence-electron chi connectivity index (χ4n) is 1.45. The van der Waals surface area contributed by atoms with E-state index in [9.17, 15) is 8.42 Å². The molecule has 0 aliphatic rings. The third-order valence-electron chi connectivity index (χ3n) is 2.33. The first-order valence-corrected chi connectivity index (χ1v) is 7.62. The molecular weight excluding hydrogens is 334 g/mol. The summed E-state index contributed by atoms with van der Waals surface area (Å²) < 4.78 is 27.5. The van der Waals surface area contributed by atoms with Gasteiger partial charge in [0.2, 0.25) is 10.0 Å². The summed E-state index contributed by atoms with van der Waals surface area (Å²) in [6.45, 7) is 0.0883. The van der Waals surface area contributed by atoms with Crippen molar-refractivity contribution in [1.82, 2.24) is 19.7 Å². The van der Waals surface area contributed by atoms with E-state index >= 15 is 0 Å². The van der Waals surface area contributed by atoms with Gasteiger partial charge in [0.25, 0.3) is 0 Å². The fraction of sp³-hybridized carbons (Fsp3) is 0.200. The molecule has 2 aromatic heterocycles. The summed E-state index contributed by atoms with van der Waals surface area (Å²) in [4.78, 5) is 10.9. The molecule has 0 fully saturated rings. The molecule has 0 bridgehead atoms. The van der Waals surface area contributed by atoms with Crippen LogP contribution in [0.1, 0.15) is 5.82 Å². The van der Waals surface area contributed by atoms with Gasteiger partial charge in [0.05, 0.1) is 6.54 Å². The first-order chi connectivity index (χ1) is 9.03. The lowest BCUT2D eigenvalue weighted by Crippen LogP contribution is -2.25. The van der Waals surface area contributed by atoms with Crippen molar-refractivity contribution in [2.75, 3.05) is 12.4 Å². The van der Waals surface area contributed by atoms with Crippen LogP contribution in [0.4, 0.5) is 5.82 Å². The number of pyridine rings is 1. The van der Waals surface area contributed by atoms with Crippen LogP contribution < -0.4 is 10.0 Å². The van der Waals surface area contributed by atoms with E-state index in [4.69, 9.17) is 0 Å². The number of halogens is 1. The molecule has 0 unspecified atom stereocenters. The van der Waals surface area contributed by atoms with E-state index in [0.717, 1.165) is 0 Å². The highest BCUT2D eigenvalue weighted by molar-refractivity contribution is 9.10. The molecule has 2 aromatic rings. The Labute approximate surface area is 119 Å². The predicted molar refractivity (Wildman–Crippen MR) is 74.1 cm³/mol. The second-order valence-corrected chi connectivity index (χ2v) is 6.26. The lowest BCUT2D eigenvalue weighted by molar-refractivity contribution is 0.579. The first kappa shape index (κ1) is 14.0. The Morgan fingerprint density at radius 3 is 2.84 bits per heavy atom. The van der Waals surface area contributed by atoms with Gasteiger partial charge in [-0.25, -0.2) is 23.1 Å². The standard InChI is InChI=1S/C10H12BrN5O2S/c1-12-10-8(4-7(11)5-15-10)19(17,18)16-6-9-13-2-3-14-9/h2-5,16H,6H2,1H3,(H,12,15)(H,13,14). The molecule has 0 amide bonds. The van der Waals surface area contributed by atoms with Crippen LogP contribution in [0.5, 0.6) is 0 Å². The van der Waals surface area contributed by atoms with Crippen LogP contribution in [0.3, 0.4) is 0 Å². The van der Waals surface area contributed by atoms with E-state index in [1.807, 2.05) is 0 Å². The van der Waals surface area contributed by atoms with Gasteiger partial charge in [0.15, 0.2) is 0 Å². The number of H-pyrrole nitrogens is 1. The van der Waals surface area contributed by atoms with E-state index in [2.05, 4.69) is 40.9 Å². The van der Waals surface area contributed by atoms with E-state index in [0.29, 0.717) is 10.3 Å². The molecule has 0 radical (unpaired) electrons. The predicted octanol–water partition coefficient (Wildman–Crippen LogP) is 1.09. The molecule has 9 heteroatoms. The molecule has 0 aliphatic carbocycles. The zero-order chi connectivity index (χ0) is 13.9. The lowest BCUT2D eigenvalue weighted by atomic mass is 10.4. The number of imidazole rings is 1. The van der Waals surface area contributed by atoms with E-state index < -0.39 is 10.0 Å². The summed E-state index contributed by atoms with van der Waals surface area (Å²) in [7, 11) is -2.05. The molecule has 19 heavy (non-hydrogen) atoms. The quantitative estimate of drug-likeness (QED) is 0.753. The van der Waals surface area contributed by atoms with Crippen molar-refractivity contribution in [3.05, 3.63) is 35.0 Å². The lowest BCUT2D eigenvalue weighted by Gasteiger charge is -2.10. The molecule has 0 spiro atoms. The number of aromatic nitrogens is 3. The maximum Gasteiger partial charge on any atom is 0.244 e. The molecule has 7 nitrogen and oxygen atoms in total. The zero-order valence-corrected chi connectivity index (χ0v) is 12.4. The number of anilines is 1. The Kier molecular flexibility index (Phi) is 4.17. The fourth-order valence-corrected chi connectivity index (χ4v) is 3.11. The summed E-state index contributed by atoms with van der Waals surface area (Å²) in [5.74, 6) is 0.827. The Balaban J connectivity index is 2.26. The number of rotatable bonds is 5. The monoisotopic (exact) mass is 345 g/mol. The molecule has 3 N–H and O–H groups in total. The highest BCUT2D eigenvalue weighted by atomic mass is 79.9. The first-order valence-electron chi connectivity index (χ1n) is 5.34. The summed E-state index contributed by atoms with van der Waals surface area (Å²) >= 11 is 3.21. The molecular formula is C10H12BrN5O2S. The Morgan fingerprint density at radius 2 is 2.21 bits per heavy atom. The van der Waals surface area contributed by atoms with Crippen LogP contribution in [0.25, 0.3) is 0 Å². The Bertz CT molecular complexity index is 657. The van der Waals surface area contributed by atoms with Gasteiger partial charge in [0.1, 0.15) is 16.5 Å². The van der Waals surface area contributed by atoms with Crippen molar-refractivity contribution in [3.63, 3.8) is 0 Å². The highest BCUT2D eigenvalue weighted by Crippen LogP contribution is 2.22. The third kappa shape index (κ3) is 3.31. The summed E-state index contributed by atoms with van der Waals surface area (Å²) in [6, 6.07) is 1.49. The average molecular weight is 346 g/mol. The van der Waals surface area contributed by atoms with E-state index in [1.54, 1.807) is 19.4 Å². The van der Waals surface area contributed by atoms with Crippen LogP contribution in [-0.2, 0) is 16.6 Å². The summed E-state index contributed by atoms with van der Waals surface area (Å²) in [5, 5.41) is 2.75. The topological polar surface area (TPSA) is 99.8 Å². The van der Waals surface area contributed by atoms with Crippen molar-refractivity contribution in [1.29, 1.82) is 0 Å². The minimum absolute atomic E-state index is 0.0796. The zero-order valence-electron chi connectivity index (χ0n) is 10.0. The van der Waals surface area contributed by atoms with Crippen molar-refractivity contribution in [2.24, 2.45) is 0 Å². The van der Waals surface area contributed by atoms with Gasteiger partial charge in [-0.3, -0.25) is 0 Å². The maximum absolute atomic E-state index is 12.2. The highest BCUT2D eigenvalue weighted by Gasteiger charge is 2.19. The number of hydrogen-bond donors (Lipinski definition) is 3. The van der Waals surface area contributed by atoms with Crippen LogP contribution in [-0.4, -0.2) is 30.4 Å². The van der Waals surface area contributed by atoms with Crippen LogP contribution in [0.2, 0.25) is 0 Å². The van der Waals surface area contributed by atoms with Crippen molar-refractivity contribution >= 4 is 31.8 Å². The molecule has 0 aromatic carbocycles. The van der Waals surface area contributed by atoms with E-state index in [1.165, 1.54) is 12.3 Å². The van der Waals surface area contributed by atoms with Crippen molar-refractivity contribution in [3.8, 4) is 0 Å². The van der Waals surface area contributed by atoms with Crippen LogP contribution in [0.15, 0.2) is 34.0 Å². The van der Waals surface area contributed by atoms with Gasteiger partial charge in [-0.1, -0.05) is 0 Å². The second-order valence-electron chi connectivity index (χ2n) is 3.61. The number of hydrogen-bond acceptors (Lipinski definition) is 5. The third-order valence-corrected chi connectivity index (χ3v) is 4.18. The van der Waals surface area contributed by atoms with Gasteiger partial charge >= 0.3 is 0 Å². The smallest absolute Gasteiger partial charge is 0.244 e. The largest absolute Gasteiger partial charge is 0.372 e. The number of sulfonamides is 1. The Hall–Kier alpha value is -1.45.